The highest BCUT2D eigenvalue weighted by Gasteiger charge is 2.23. The van der Waals surface area contributed by atoms with Gasteiger partial charge in [-0.3, -0.25) is 4.79 Å². The van der Waals surface area contributed by atoms with Gasteiger partial charge in [0.1, 0.15) is 0 Å². The van der Waals surface area contributed by atoms with Gasteiger partial charge < -0.3 is 19.2 Å². The lowest BCUT2D eigenvalue weighted by Gasteiger charge is -2.22. The lowest BCUT2D eigenvalue weighted by atomic mass is 10.2. The number of nitrogens with one attached hydrogen (secondary N) is 1. The van der Waals surface area contributed by atoms with E-state index < -0.39 is 15.7 Å². The quantitative estimate of drug-likeness (QED) is 0.831. The number of amides is 1. The molecule has 134 valence electrons. The van der Waals surface area contributed by atoms with Gasteiger partial charge in [0.05, 0.1) is 42.8 Å². The molecule has 1 aromatic heterocycles. The van der Waals surface area contributed by atoms with E-state index in [9.17, 15) is 13.2 Å². The molecule has 1 aromatic carbocycles. The summed E-state index contributed by atoms with van der Waals surface area (Å²) in [5.41, 5.74) is 0.321. The molecule has 0 radical (unpaired) electrons. The number of ether oxygens (including phenoxy) is 2. The number of rotatable bonds is 6. The van der Waals surface area contributed by atoms with Crippen LogP contribution in [0.15, 0.2) is 52.0 Å². The highest BCUT2D eigenvalue weighted by molar-refractivity contribution is 7.90. The summed E-state index contributed by atoms with van der Waals surface area (Å²) in [4.78, 5) is 12.5. The van der Waals surface area contributed by atoms with Crippen LogP contribution in [0.3, 0.4) is 0 Å². The molecule has 1 atom stereocenters. The Hall–Kier alpha value is -2.16. The van der Waals surface area contributed by atoms with Gasteiger partial charge in [0, 0.05) is 12.1 Å². The van der Waals surface area contributed by atoms with Gasteiger partial charge in [-0.2, -0.15) is 0 Å². The first-order valence-electron chi connectivity index (χ1n) is 7.88. The van der Waals surface area contributed by atoms with Crippen LogP contribution in [-0.2, 0) is 25.1 Å². The SMILES string of the molecule is O=C(NCC1COCCO1)c1occc1CS(=O)(=O)c1ccccc1. The van der Waals surface area contributed by atoms with E-state index in [4.69, 9.17) is 13.9 Å². The molecule has 0 bridgehead atoms. The summed E-state index contributed by atoms with van der Waals surface area (Å²) < 4.78 is 40.9. The van der Waals surface area contributed by atoms with E-state index in [1.165, 1.54) is 24.5 Å². The molecule has 1 unspecified atom stereocenters. The van der Waals surface area contributed by atoms with Gasteiger partial charge >= 0.3 is 0 Å². The number of carbonyl (C=O) groups excluding carboxylic acids is 1. The van der Waals surface area contributed by atoms with Crippen LogP contribution in [0.25, 0.3) is 0 Å². The van der Waals surface area contributed by atoms with E-state index >= 15 is 0 Å². The van der Waals surface area contributed by atoms with Gasteiger partial charge in [-0.25, -0.2) is 8.42 Å². The minimum absolute atomic E-state index is 0.00349. The van der Waals surface area contributed by atoms with Crippen molar-refractivity contribution < 1.29 is 27.1 Å². The molecule has 1 N–H and O–H groups in total. The molecular weight excluding hydrogens is 346 g/mol. The summed E-state index contributed by atoms with van der Waals surface area (Å²) in [6.07, 6.45) is 1.09. The molecule has 2 heterocycles. The zero-order valence-electron chi connectivity index (χ0n) is 13.5. The fraction of sp³-hybridized carbons (Fsp3) is 0.353. The summed E-state index contributed by atoms with van der Waals surface area (Å²) in [5, 5.41) is 2.69. The molecular formula is C17H19NO6S. The molecule has 1 aliphatic rings. The molecule has 1 saturated heterocycles. The second-order valence-corrected chi connectivity index (χ2v) is 7.61. The topological polar surface area (TPSA) is 94.8 Å². The second-order valence-electron chi connectivity index (χ2n) is 5.62. The number of hydrogen-bond donors (Lipinski definition) is 1. The van der Waals surface area contributed by atoms with E-state index in [-0.39, 0.29) is 29.1 Å². The van der Waals surface area contributed by atoms with E-state index in [2.05, 4.69) is 5.32 Å². The number of hydrogen-bond acceptors (Lipinski definition) is 6. The van der Waals surface area contributed by atoms with Crippen LogP contribution in [0.5, 0.6) is 0 Å². The summed E-state index contributed by atoms with van der Waals surface area (Å²) in [6.45, 7) is 1.71. The monoisotopic (exact) mass is 365 g/mol. The normalized spacial score (nSPS) is 18.0. The zero-order chi connectivity index (χ0) is 17.7. The van der Waals surface area contributed by atoms with Gasteiger partial charge in [-0.05, 0) is 18.2 Å². The Labute approximate surface area is 145 Å². The fourth-order valence-electron chi connectivity index (χ4n) is 2.51. The van der Waals surface area contributed by atoms with Crippen LogP contribution >= 0.6 is 0 Å². The summed E-state index contributed by atoms with van der Waals surface area (Å²) >= 11 is 0. The first-order chi connectivity index (χ1) is 12.1. The van der Waals surface area contributed by atoms with Crippen molar-refractivity contribution in [1.82, 2.24) is 5.32 Å². The van der Waals surface area contributed by atoms with Crippen molar-refractivity contribution in [1.29, 1.82) is 0 Å². The number of carbonyl (C=O) groups is 1. The Balaban J connectivity index is 1.66. The Morgan fingerprint density at radius 1 is 1.16 bits per heavy atom. The van der Waals surface area contributed by atoms with Crippen molar-refractivity contribution in [2.75, 3.05) is 26.4 Å². The molecule has 2 aromatic rings. The first kappa shape index (κ1) is 17.7. The lowest BCUT2D eigenvalue weighted by Crippen LogP contribution is -2.39. The summed E-state index contributed by atoms with van der Waals surface area (Å²) in [5.74, 6) is -0.784. The maximum atomic E-state index is 12.5. The van der Waals surface area contributed by atoms with Gasteiger partial charge in [0.25, 0.3) is 5.91 Å². The molecule has 1 amide bonds. The van der Waals surface area contributed by atoms with Crippen LogP contribution in [0.1, 0.15) is 16.1 Å². The third kappa shape index (κ3) is 4.47. The number of sulfone groups is 1. The Morgan fingerprint density at radius 3 is 2.68 bits per heavy atom. The van der Waals surface area contributed by atoms with E-state index in [1.54, 1.807) is 18.2 Å². The maximum absolute atomic E-state index is 12.5. The Morgan fingerprint density at radius 2 is 1.96 bits per heavy atom. The standard InChI is InChI=1S/C17H19NO6S/c19-17(18-10-14-11-22-8-9-23-14)16-13(6-7-24-16)12-25(20,21)15-4-2-1-3-5-15/h1-7,14H,8-12H2,(H,18,19). The first-order valence-corrected chi connectivity index (χ1v) is 9.53. The Bertz CT molecular complexity index is 809. The molecule has 1 aliphatic heterocycles. The minimum atomic E-state index is -3.56. The number of benzene rings is 1. The predicted molar refractivity (Wildman–Crippen MR) is 88.9 cm³/mol. The summed E-state index contributed by atoms with van der Waals surface area (Å²) in [6, 6.07) is 9.60. The van der Waals surface area contributed by atoms with Crippen molar-refractivity contribution in [2.24, 2.45) is 0 Å². The van der Waals surface area contributed by atoms with Crippen LogP contribution in [0, 0.1) is 0 Å². The highest BCUT2D eigenvalue weighted by Crippen LogP contribution is 2.20. The zero-order valence-corrected chi connectivity index (χ0v) is 14.3. The average molecular weight is 365 g/mol. The average Bonchev–Trinajstić information content (AvgIpc) is 3.09. The molecule has 8 heteroatoms. The molecule has 7 nitrogen and oxygen atoms in total. The third-order valence-corrected chi connectivity index (χ3v) is 5.46. The van der Waals surface area contributed by atoms with E-state index in [0.717, 1.165) is 0 Å². The van der Waals surface area contributed by atoms with Crippen molar-refractivity contribution >= 4 is 15.7 Å². The van der Waals surface area contributed by atoms with Crippen LogP contribution < -0.4 is 5.32 Å². The minimum Gasteiger partial charge on any atom is -0.459 e. The lowest BCUT2D eigenvalue weighted by molar-refractivity contribution is -0.0856. The molecule has 0 saturated carbocycles. The van der Waals surface area contributed by atoms with Crippen LogP contribution in [-0.4, -0.2) is 46.8 Å². The van der Waals surface area contributed by atoms with Gasteiger partial charge in [0.15, 0.2) is 15.6 Å². The third-order valence-electron chi connectivity index (χ3n) is 3.78. The fourth-order valence-corrected chi connectivity index (χ4v) is 3.88. The van der Waals surface area contributed by atoms with Crippen molar-refractivity contribution in [2.45, 2.75) is 16.8 Å². The number of furan rings is 1. The summed E-state index contributed by atoms with van der Waals surface area (Å²) in [7, 11) is -3.56. The van der Waals surface area contributed by atoms with Crippen molar-refractivity contribution in [3.63, 3.8) is 0 Å². The van der Waals surface area contributed by atoms with Gasteiger partial charge in [-0.1, -0.05) is 18.2 Å². The van der Waals surface area contributed by atoms with Crippen LogP contribution in [0.4, 0.5) is 0 Å². The maximum Gasteiger partial charge on any atom is 0.287 e. The highest BCUT2D eigenvalue weighted by atomic mass is 32.2. The Kier molecular flexibility index (Phi) is 5.52. The predicted octanol–water partition coefficient (Wildman–Crippen LogP) is 1.40. The smallest absolute Gasteiger partial charge is 0.287 e. The van der Waals surface area contributed by atoms with E-state index in [0.29, 0.717) is 25.4 Å². The second kappa shape index (κ2) is 7.81. The van der Waals surface area contributed by atoms with Gasteiger partial charge in [-0.15, -0.1) is 0 Å². The largest absolute Gasteiger partial charge is 0.459 e. The molecule has 0 spiro atoms. The van der Waals surface area contributed by atoms with E-state index in [1.807, 2.05) is 0 Å². The van der Waals surface area contributed by atoms with Gasteiger partial charge in [0.2, 0.25) is 0 Å². The molecule has 1 fully saturated rings. The molecule has 25 heavy (non-hydrogen) atoms. The van der Waals surface area contributed by atoms with Crippen molar-refractivity contribution in [3.05, 3.63) is 54.0 Å². The molecule has 0 aliphatic carbocycles. The van der Waals surface area contributed by atoms with Crippen molar-refractivity contribution in [3.8, 4) is 0 Å². The van der Waals surface area contributed by atoms with Crippen LogP contribution in [0.2, 0.25) is 0 Å². The molecule has 3 rings (SSSR count).